The number of sulfonamides is 1. The molecule has 1 aliphatic rings. The van der Waals surface area contributed by atoms with Crippen LogP contribution in [0.1, 0.15) is 19.8 Å². The van der Waals surface area contributed by atoms with Crippen LogP contribution in [0.25, 0.3) is 11.0 Å². The van der Waals surface area contributed by atoms with E-state index >= 15 is 0 Å². The summed E-state index contributed by atoms with van der Waals surface area (Å²) >= 11 is 0. The van der Waals surface area contributed by atoms with Crippen LogP contribution in [0.2, 0.25) is 0 Å². The van der Waals surface area contributed by atoms with Gasteiger partial charge in [-0.2, -0.15) is 4.31 Å². The van der Waals surface area contributed by atoms with Gasteiger partial charge in [-0.3, -0.25) is 4.79 Å². The number of aromatic amines is 1. The van der Waals surface area contributed by atoms with Gasteiger partial charge in [-0.25, -0.2) is 13.4 Å². The summed E-state index contributed by atoms with van der Waals surface area (Å²) in [5.41, 5.74) is 0.694. The fourth-order valence-corrected chi connectivity index (χ4v) is 4.93. The number of hydrogen-bond donors (Lipinski definition) is 1. The summed E-state index contributed by atoms with van der Waals surface area (Å²) in [6.45, 7) is 4.15. The maximum atomic E-state index is 13.1. The Morgan fingerprint density at radius 2 is 2.12 bits per heavy atom. The molecule has 0 bridgehead atoms. The minimum Gasteiger partial charge on any atom is -0.319 e. The van der Waals surface area contributed by atoms with E-state index in [1.807, 2.05) is 14.0 Å². The molecule has 0 radical (unpaired) electrons. The highest BCUT2D eigenvalue weighted by Crippen LogP contribution is 2.24. The number of hydrogen-bond acceptors (Lipinski definition) is 5. The fourth-order valence-electron chi connectivity index (χ4n) is 3.18. The SMILES string of the molecule is CCC1CN(C)CCCN1S(=O)(=O)c1ccc2[nH]c(=O)cnc2c1. The van der Waals surface area contributed by atoms with Gasteiger partial charge in [0.1, 0.15) is 0 Å². The summed E-state index contributed by atoms with van der Waals surface area (Å²) in [6.07, 6.45) is 2.74. The molecule has 0 spiro atoms. The van der Waals surface area contributed by atoms with Crippen molar-refractivity contribution in [3.63, 3.8) is 0 Å². The molecule has 24 heavy (non-hydrogen) atoms. The predicted molar refractivity (Wildman–Crippen MR) is 92.4 cm³/mol. The van der Waals surface area contributed by atoms with Gasteiger partial charge in [-0.15, -0.1) is 0 Å². The molecule has 1 unspecified atom stereocenters. The van der Waals surface area contributed by atoms with E-state index in [1.165, 1.54) is 12.1 Å². The van der Waals surface area contributed by atoms with Gasteiger partial charge in [-0.05, 0) is 44.6 Å². The minimum atomic E-state index is -3.60. The number of benzene rings is 1. The number of nitrogens with zero attached hydrogens (tertiary/aromatic N) is 3. The lowest BCUT2D eigenvalue weighted by atomic mass is 10.2. The van der Waals surface area contributed by atoms with E-state index in [0.29, 0.717) is 17.6 Å². The summed E-state index contributed by atoms with van der Waals surface area (Å²) in [5, 5.41) is 0. The Morgan fingerprint density at radius 3 is 2.88 bits per heavy atom. The summed E-state index contributed by atoms with van der Waals surface area (Å²) in [6, 6.07) is 4.63. The lowest BCUT2D eigenvalue weighted by Crippen LogP contribution is -2.43. The summed E-state index contributed by atoms with van der Waals surface area (Å²) in [7, 11) is -1.57. The van der Waals surface area contributed by atoms with Gasteiger partial charge >= 0.3 is 0 Å². The molecular weight excluding hydrogens is 328 g/mol. The molecule has 0 saturated carbocycles. The number of fused-ring (bicyclic) bond motifs is 1. The number of likely N-dealkylation sites (N-methyl/N-ethyl adjacent to an activating group) is 1. The van der Waals surface area contributed by atoms with Crippen LogP contribution in [0.5, 0.6) is 0 Å². The van der Waals surface area contributed by atoms with Gasteiger partial charge in [0, 0.05) is 19.1 Å². The second-order valence-corrected chi connectivity index (χ2v) is 8.11. The van der Waals surface area contributed by atoms with Crippen LogP contribution in [-0.2, 0) is 10.0 Å². The second-order valence-electron chi connectivity index (χ2n) is 6.22. The highest BCUT2D eigenvalue weighted by Gasteiger charge is 2.32. The van der Waals surface area contributed by atoms with Crippen molar-refractivity contribution in [2.75, 3.05) is 26.7 Å². The first-order valence-corrected chi connectivity index (χ1v) is 9.55. The van der Waals surface area contributed by atoms with Crippen molar-refractivity contribution in [3.05, 3.63) is 34.7 Å². The molecule has 1 aromatic heterocycles. The first kappa shape index (κ1) is 17.1. The summed E-state index contributed by atoms with van der Waals surface area (Å²) < 4.78 is 27.9. The zero-order chi connectivity index (χ0) is 17.3. The van der Waals surface area contributed by atoms with Gasteiger partial charge < -0.3 is 9.88 Å². The molecule has 0 amide bonds. The Kier molecular flexibility index (Phi) is 4.71. The normalized spacial score (nSPS) is 21.0. The van der Waals surface area contributed by atoms with Crippen LogP contribution in [0.4, 0.5) is 0 Å². The van der Waals surface area contributed by atoms with E-state index in [1.54, 1.807) is 10.4 Å². The molecule has 2 heterocycles. The van der Waals surface area contributed by atoms with Crippen molar-refractivity contribution in [1.82, 2.24) is 19.2 Å². The Hall–Kier alpha value is -1.77. The Labute approximate surface area is 141 Å². The quantitative estimate of drug-likeness (QED) is 0.893. The number of rotatable bonds is 3. The fraction of sp³-hybridized carbons (Fsp3) is 0.500. The van der Waals surface area contributed by atoms with E-state index in [2.05, 4.69) is 14.9 Å². The standard InChI is InChI=1S/C16H22N4O3S/c1-3-12-11-19(2)7-4-8-20(12)24(22,23)13-5-6-14-15(9-13)17-10-16(21)18-14/h5-6,9-10,12H,3-4,7-8,11H2,1-2H3,(H,18,21). The third kappa shape index (κ3) is 3.22. The number of H-pyrrole nitrogens is 1. The third-order valence-electron chi connectivity index (χ3n) is 4.47. The molecule has 8 heteroatoms. The highest BCUT2D eigenvalue weighted by molar-refractivity contribution is 7.89. The number of nitrogens with one attached hydrogen (secondary N) is 1. The molecule has 0 aliphatic carbocycles. The van der Waals surface area contributed by atoms with Crippen LogP contribution in [0.3, 0.4) is 0 Å². The monoisotopic (exact) mass is 350 g/mol. The van der Waals surface area contributed by atoms with Crippen LogP contribution in [0, 0.1) is 0 Å². The molecule has 1 fully saturated rings. The summed E-state index contributed by atoms with van der Waals surface area (Å²) in [4.78, 5) is 20.4. The Bertz CT molecular complexity index is 894. The average molecular weight is 350 g/mol. The first-order chi connectivity index (χ1) is 11.4. The van der Waals surface area contributed by atoms with Crippen LogP contribution in [-0.4, -0.2) is 60.3 Å². The molecular formula is C16H22N4O3S. The van der Waals surface area contributed by atoms with E-state index in [0.717, 1.165) is 32.1 Å². The zero-order valence-corrected chi connectivity index (χ0v) is 14.7. The molecule has 3 rings (SSSR count). The van der Waals surface area contributed by atoms with Crippen molar-refractivity contribution in [2.24, 2.45) is 0 Å². The topological polar surface area (TPSA) is 86.4 Å². The Morgan fingerprint density at radius 1 is 1.33 bits per heavy atom. The van der Waals surface area contributed by atoms with E-state index in [9.17, 15) is 13.2 Å². The highest BCUT2D eigenvalue weighted by atomic mass is 32.2. The maximum Gasteiger partial charge on any atom is 0.266 e. The molecule has 1 saturated heterocycles. The number of aromatic nitrogens is 2. The Balaban J connectivity index is 2.02. The maximum absolute atomic E-state index is 13.1. The van der Waals surface area contributed by atoms with Gasteiger partial charge in [0.2, 0.25) is 10.0 Å². The molecule has 1 aromatic carbocycles. The molecule has 130 valence electrons. The molecule has 1 aliphatic heterocycles. The van der Waals surface area contributed by atoms with E-state index in [-0.39, 0.29) is 16.5 Å². The average Bonchev–Trinajstić information content (AvgIpc) is 2.75. The van der Waals surface area contributed by atoms with Crippen molar-refractivity contribution in [1.29, 1.82) is 0 Å². The molecule has 1 atom stereocenters. The minimum absolute atomic E-state index is 0.0401. The molecule has 1 N–H and O–H groups in total. The van der Waals surface area contributed by atoms with Crippen LogP contribution >= 0.6 is 0 Å². The third-order valence-corrected chi connectivity index (χ3v) is 6.42. The smallest absolute Gasteiger partial charge is 0.266 e. The van der Waals surface area contributed by atoms with Gasteiger partial charge in [0.15, 0.2) is 0 Å². The van der Waals surface area contributed by atoms with Gasteiger partial charge in [0.05, 0.1) is 22.1 Å². The molecule has 7 nitrogen and oxygen atoms in total. The largest absolute Gasteiger partial charge is 0.319 e. The predicted octanol–water partition coefficient (Wildman–Crippen LogP) is 1.03. The van der Waals surface area contributed by atoms with E-state index in [4.69, 9.17) is 0 Å². The summed E-state index contributed by atoms with van der Waals surface area (Å²) in [5.74, 6) is 0. The van der Waals surface area contributed by atoms with Crippen LogP contribution < -0.4 is 5.56 Å². The van der Waals surface area contributed by atoms with Crippen molar-refractivity contribution < 1.29 is 8.42 Å². The van der Waals surface area contributed by atoms with Gasteiger partial charge in [0.25, 0.3) is 5.56 Å². The second kappa shape index (κ2) is 6.62. The van der Waals surface area contributed by atoms with E-state index < -0.39 is 10.0 Å². The lowest BCUT2D eigenvalue weighted by molar-refractivity contribution is 0.270. The van der Waals surface area contributed by atoms with Crippen molar-refractivity contribution >= 4 is 21.1 Å². The lowest BCUT2D eigenvalue weighted by Gasteiger charge is -2.29. The van der Waals surface area contributed by atoms with Crippen LogP contribution in [0.15, 0.2) is 34.1 Å². The van der Waals surface area contributed by atoms with Crippen molar-refractivity contribution in [2.45, 2.75) is 30.7 Å². The van der Waals surface area contributed by atoms with Crippen molar-refractivity contribution in [3.8, 4) is 0 Å². The molecule has 2 aromatic rings. The zero-order valence-electron chi connectivity index (χ0n) is 13.9. The van der Waals surface area contributed by atoms with Gasteiger partial charge in [-0.1, -0.05) is 6.92 Å². The first-order valence-electron chi connectivity index (χ1n) is 8.11.